The van der Waals surface area contributed by atoms with E-state index < -0.39 is 15.9 Å². The summed E-state index contributed by atoms with van der Waals surface area (Å²) in [6, 6.07) is 7.68. The maximum atomic E-state index is 12.8. The first-order valence-electron chi connectivity index (χ1n) is 8.64. The predicted octanol–water partition coefficient (Wildman–Crippen LogP) is 1.37. The number of nitriles is 1. The molecule has 144 valence electrons. The second-order valence-electron chi connectivity index (χ2n) is 6.58. The van der Waals surface area contributed by atoms with Crippen molar-refractivity contribution in [1.82, 2.24) is 9.62 Å². The summed E-state index contributed by atoms with van der Waals surface area (Å²) in [7, 11) is -3.66. The summed E-state index contributed by atoms with van der Waals surface area (Å²) < 4.78 is 37.9. The number of hydrogen-bond acceptors (Lipinski definition) is 6. The van der Waals surface area contributed by atoms with E-state index in [0.717, 1.165) is 0 Å². The third-order valence-corrected chi connectivity index (χ3v) is 6.22. The van der Waals surface area contributed by atoms with Gasteiger partial charge in [0.1, 0.15) is 6.07 Å². The van der Waals surface area contributed by atoms with Gasteiger partial charge in [0.05, 0.1) is 29.3 Å². The molecule has 1 aromatic carbocycles. The molecule has 0 radical (unpaired) electrons. The van der Waals surface area contributed by atoms with Crippen LogP contribution in [-0.4, -0.2) is 50.5 Å². The highest BCUT2D eigenvalue weighted by molar-refractivity contribution is 7.89. The number of carbonyl (C=O) groups is 1. The molecule has 8 nitrogen and oxygen atoms in total. The third-order valence-electron chi connectivity index (χ3n) is 4.37. The summed E-state index contributed by atoms with van der Waals surface area (Å²) in [6.07, 6.45) is 0.102. The predicted molar refractivity (Wildman–Crippen MR) is 95.9 cm³/mol. The van der Waals surface area contributed by atoms with Crippen molar-refractivity contribution in [2.45, 2.75) is 37.4 Å². The lowest BCUT2D eigenvalue weighted by molar-refractivity contribution is -0.0440. The van der Waals surface area contributed by atoms with Crippen molar-refractivity contribution in [2.75, 3.05) is 19.7 Å². The van der Waals surface area contributed by atoms with Gasteiger partial charge >= 0.3 is 0 Å². The molecule has 2 atom stereocenters. The van der Waals surface area contributed by atoms with Gasteiger partial charge in [-0.15, -0.1) is 0 Å². The second kappa shape index (κ2) is 7.68. The molecule has 2 aliphatic heterocycles. The number of ether oxygens (including phenoxy) is 2. The van der Waals surface area contributed by atoms with Gasteiger partial charge < -0.3 is 9.47 Å². The van der Waals surface area contributed by atoms with Crippen molar-refractivity contribution in [2.24, 2.45) is 0 Å². The molecule has 2 heterocycles. The lowest BCUT2D eigenvalue weighted by atomic mass is 10.2. The smallest absolute Gasteiger partial charge is 0.257 e. The van der Waals surface area contributed by atoms with E-state index >= 15 is 0 Å². The Morgan fingerprint density at radius 3 is 2.44 bits per heavy atom. The maximum Gasteiger partial charge on any atom is 0.257 e. The van der Waals surface area contributed by atoms with Crippen LogP contribution in [0.25, 0.3) is 0 Å². The monoisotopic (exact) mass is 391 g/mol. The summed E-state index contributed by atoms with van der Waals surface area (Å²) >= 11 is 0. The summed E-state index contributed by atoms with van der Waals surface area (Å²) in [5, 5.41) is 11.5. The summed E-state index contributed by atoms with van der Waals surface area (Å²) in [5.41, 5.74) is 0.663. The molecule has 0 spiro atoms. The Hall–Kier alpha value is -2.41. The zero-order valence-corrected chi connectivity index (χ0v) is 16.0. The van der Waals surface area contributed by atoms with Gasteiger partial charge in [0.25, 0.3) is 5.91 Å². The SMILES string of the molecule is C[C@H]1CN(S(=O)(=O)c2ccc(C(=O)NC3=C(C#N)CCO3)cc2)C[C@H](C)O1. The Balaban J connectivity index is 1.75. The van der Waals surface area contributed by atoms with Crippen LogP contribution in [0, 0.1) is 11.3 Å². The first-order chi connectivity index (χ1) is 12.8. The van der Waals surface area contributed by atoms with E-state index in [4.69, 9.17) is 14.7 Å². The van der Waals surface area contributed by atoms with Gasteiger partial charge in [-0.1, -0.05) is 0 Å². The lowest BCUT2D eigenvalue weighted by Crippen LogP contribution is -2.48. The lowest BCUT2D eigenvalue weighted by Gasteiger charge is -2.34. The summed E-state index contributed by atoms with van der Waals surface area (Å²) in [6.45, 7) is 4.60. The van der Waals surface area contributed by atoms with Crippen molar-refractivity contribution in [3.63, 3.8) is 0 Å². The first-order valence-corrected chi connectivity index (χ1v) is 10.1. The standard InChI is InChI=1S/C18H21N3O5S/c1-12-10-21(11-13(2)26-12)27(23,24)16-5-3-14(4-6-16)17(22)20-18-15(9-19)7-8-25-18/h3-6,12-13H,7-8,10-11H2,1-2H3,(H,20,22)/t12-,13-/m0/s1. The zero-order valence-electron chi connectivity index (χ0n) is 15.1. The molecular weight excluding hydrogens is 370 g/mol. The Morgan fingerprint density at radius 1 is 1.22 bits per heavy atom. The second-order valence-corrected chi connectivity index (χ2v) is 8.51. The van der Waals surface area contributed by atoms with Crippen molar-refractivity contribution in [3.8, 4) is 6.07 Å². The minimum atomic E-state index is -3.66. The van der Waals surface area contributed by atoms with Crippen LogP contribution in [0.3, 0.4) is 0 Å². The van der Waals surface area contributed by atoms with E-state index in [9.17, 15) is 13.2 Å². The van der Waals surface area contributed by atoms with Crippen LogP contribution in [0.5, 0.6) is 0 Å². The van der Waals surface area contributed by atoms with E-state index in [1.165, 1.54) is 28.6 Å². The average molecular weight is 391 g/mol. The number of nitrogens with zero attached hydrogens (tertiary/aromatic N) is 2. The van der Waals surface area contributed by atoms with E-state index in [0.29, 0.717) is 18.6 Å². The van der Waals surface area contributed by atoms with Crippen LogP contribution in [0.4, 0.5) is 0 Å². The van der Waals surface area contributed by atoms with Crippen molar-refractivity contribution >= 4 is 15.9 Å². The third kappa shape index (κ3) is 4.13. The number of hydrogen-bond donors (Lipinski definition) is 1. The summed E-state index contributed by atoms with van der Waals surface area (Å²) in [5.74, 6) is -0.298. The van der Waals surface area contributed by atoms with Crippen LogP contribution in [0.15, 0.2) is 40.6 Å². The Labute approximate surface area is 158 Å². The van der Waals surface area contributed by atoms with Crippen LogP contribution < -0.4 is 5.32 Å². The Kier molecular flexibility index (Phi) is 5.51. The average Bonchev–Trinajstić information content (AvgIpc) is 3.08. The van der Waals surface area contributed by atoms with Gasteiger partial charge in [0.2, 0.25) is 15.9 Å². The van der Waals surface area contributed by atoms with Crippen molar-refractivity contribution in [1.29, 1.82) is 5.26 Å². The first kappa shape index (κ1) is 19.4. The molecule has 0 bridgehead atoms. The Bertz CT molecular complexity index is 892. The molecule has 0 aliphatic carbocycles. The molecular formula is C18H21N3O5S. The van der Waals surface area contributed by atoms with Gasteiger partial charge in [0, 0.05) is 25.1 Å². The molecule has 0 saturated carbocycles. The molecule has 1 N–H and O–H groups in total. The number of benzene rings is 1. The maximum absolute atomic E-state index is 12.8. The van der Waals surface area contributed by atoms with Crippen molar-refractivity contribution in [3.05, 3.63) is 41.3 Å². The number of nitrogens with one attached hydrogen (secondary N) is 1. The normalized spacial score (nSPS) is 23.6. The van der Waals surface area contributed by atoms with Crippen molar-refractivity contribution < 1.29 is 22.7 Å². The minimum absolute atomic E-state index is 0.120. The van der Waals surface area contributed by atoms with Crippen LogP contribution in [0.1, 0.15) is 30.6 Å². The number of morpholine rings is 1. The van der Waals surface area contributed by atoms with Gasteiger partial charge in [0.15, 0.2) is 0 Å². The topological polar surface area (TPSA) is 109 Å². The highest BCUT2D eigenvalue weighted by atomic mass is 32.2. The van der Waals surface area contributed by atoms with Crippen LogP contribution in [-0.2, 0) is 19.5 Å². The fourth-order valence-electron chi connectivity index (χ4n) is 3.10. The number of amides is 1. The molecule has 0 unspecified atom stereocenters. The highest BCUT2D eigenvalue weighted by Crippen LogP contribution is 2.22. The quantitative estimate of drug-likeness (QED) is 0.830. The minimum Gasteiger partial charge on any atom is -0.478 e. The van der Waals surface area contributed by atoms with E-state index in [2.05, 4.69) is 5.32 Å². The Morgan fingerprint density at radius 2 is 1.85 bits per heavy atom. The highest BCUT2D eigenvalue weighted by Gasteiger charge is 2.32. The molecule has 0 aromatic heterocycles. The van der Waals surface area contributed by atoms with Gasteiger partial charge in [-0.25, -0.2) is 8.42 Å². The fourth-order valence-corrected chi connectivity index (χ4v) is 4.69. The van der Waals surface area contributed by atoms with Gasteiger partial charge in [-0.05, 0) is 38.1 Å². The molecule has 1 amide bonds. The molecule has 3 rings (SSSR count). The van der Waals surface area contributed by atoms with E-state index in [1.54, 1.807) is 0 Å². The number of carbonyl (C=O) groups excluding carboxylic acids is 1. The summed E-state index contributed by atoms with van der Waals surface area (Å²) in [4.78, 5) is 12.4. The number of rotatable bonds is 4. The molecule has 1 fully saturated rings. The molecule has 2 aliphatic rings. The van der Waals surface area contributed by atoms with Gasteiger partial charge in [-0.2, -0.15) is 9.57 Å². The van der Waals surface area contributed by atoms with E-state index in [1.807, 2.05) is 19.9 Å². The van der Waals surface area contributed by atoms with Crippen LogP contribution >= 0.6 is 0 Å². The van der Waals surface area contributed by atoms with E-state index in [-0.39, 0.29) is 41.6 Å². The zero-order chi connectivity index (χ0) is 19.6. The molecule has 1 aromatic rings. The molecule has 9 heteroatoms. The largest absolute Gasteiger partial charge is 0.478 e. The number of sulfonamides is 1. The fraction of sp³-hybridized carbons (Fsp3) is 0.444. The van der Waals surface area contributed by atoms with Crippen LogP contribution in [0.2, 0.25) is 0 Å². The molecule has 27 heavy (non-hydrogen) atoms. The van der Waals surface area contributed by atoms with Gasteiger partial charge in [-0.3, -0.25) is 10.1 Å². The molecule has 1 saturated heterocycles.